The highest BCUT2D eigenvalue weighted by molar-refractivity contribution is 5.78. The second-order valence-electron chi connectivity index (χ2n) is 45.4. The molecule has 0 aromatic heterocycles. The van der Waals surface area contributed by atoms with E-state index in [-0.39, 0.29) is 195 Å². The minimum atomic E-state index is -0.405. The van der Waals surface area contributed by atoms with Crippen LogP contribution >= 0.6 is 0 Å². The fourth-order valence-electron chi connectivity index (χ4n) is 32.6. The summed E-state index contributed by atoms with van der Waals surface area (Å²) in [6.07, 6.45) is 43.8. The number of ether oxygens (including phenoxy) is 8. The number of fused-ring (bicyclic) bond motifs is 36. The summed E-state index contributed by atoms with van der Waals surface area (Å²) in [4.78, 5) is 103. The highest BCUT2D eigenvalue weighted by Gasteiger charge is 2.72. The van der Waals surface area contributed by atoms with Crippen molar-refractivity contribution in [2.45, 2.75) is 453 Å². The third kappa shape index (κ3) is 19.1. The van der Waals surface area contributed by atoms with Gasteiger partial charge in [0.05, 0.1) is 46.8 Å². The monoisotopic (exact) mass is 1750 g/mol. The molecule has 718 valence electrons. The van der Waals surface area contributed by atoms with Gasteiger partial charge < -0.3 is 37.9 Å². The van der Waals surface area contributed by atoms with Gasteiger partial charge in [0.15, 0.2) is 0 Å². The SMILES string of the molecule is C.C.C.C.C.C.C.C.CCC(C)C(=O)OC1CC2CC1C1C3CC(CC3C(=O)OC3(C)CCCC3)C21.CCC(C)C(=O)OC1CC2CC1C1C3CC(CC3C(=O)OC3(C)CCCCC3)C21.CCC(C)C(=O)OC1CC2CC1C1C3CC(CC3C(=O)OC3(CC)CCCCC3)C21.CCC1(OC(=O)C2CC3CC2C2C4CC(CC4OC(=O)C(C)(C)CC)C32)CCCC1. The average molecular weight is 1750 g/mol. The Labute approximate surface area is 761 Å². The summed E-state index contributed by atoms with van der Waals surface area (Å²) in [5, 5.41) is 0. The van der Waals surface area contributed by atoms with Crippen molar-refractivity contribution >= 4 is 47.8 Å². The minimum absolute atomic E-state index is 0. The molecule has 20 rings (SSSR count). The standard InChI is InChI=1S/2C26H40O4.C25H38O4.C24H36O4.8CH4/c1-5-25(3,4)24(28)29-20-14-16-13-19(20)22-17-11-15(21(16)22)12-18(17)23(27)30-26(6-2)9-7-8-10-26;1-4-15(3)24(27)29-21-14-17-13-20(21)23-18-11-16(22(17)23)12-19(18)25(28)30-26(5-2)9-7-6-8-10-26;1-4-14(2)23(26)28-20-13-16-12-19(20)22-17-10-15(21(16)22)11-18(17)24(27)29-25(3)8-6-5-7-9-25;1-4-13(2)22(25)27-19-12-15-11-18(19)21-16-9-14(20(15)21)10-17(16)23(26)28-24(3)7-5-6-8-24;;;;;;;;/h15-22H,5-14H2,1-4H3;15-23H,4-14H2,1-3H3;14-22H,4-13H2,1-3H3;13-21H,4-12H2,1-3H3;8*1H4. The molecule has 125 heavy (non-hydrogen) atoms. The van der Waals surface area contributed by atoms with Crippen LogP contribution in [0.4, 0.5) is 0 Å². The van der Waals surface area contributed by atoms with Crippen molar-refractivity contribution < 1.29 is 76.3 Å². The van der Waals surface area contributed by atoms with Gasteiger partial charge in [0.2, 0.25) is 0 Å². The predicted octanol–water partition coefficient (Wildman–Crippen LogP) is 26.0. The van der Waals surface area contributed by atoms with E-state index < -0.39 is 5.41 Å². The van der Waals surface area contributed by atoms with Crippen LogP contribution in [0, 0.1) is 189 Å². The second kappa shape index (κ2) is 41.1. The van der Waals surface area contributed by atoms with Gasteiger partial charge in [-0.2, -0.15) is 0 Å². The van der Waals surface area contributed by atoms with E-state index >= 15 is 0 Å². The molecule has 20 saturated carbocycles. The third-order valence-electron chi connectivity index (χ3n) is 39.3. The van der Waals surface area contributed by atoms with E-state index in [1.54, 1.807) is 0 Å². The zero-order valence-corrected chi connectivity index (χ0v) is 74.5. The zero-order valence-electron chi connectivity index (χ0n) is 74.5. The molecule has 0 aromatic rings. The van der Waals surface area contributed by atoms with E-state index in [9.17, 15) is 38.4 Å². The third-order valence-corrected chi connectivity index (χ3v) is 39.3. The largest absolute Gasteiger partial charge is 0.462 e. The van der Waals surface area contributed by atoms with E-state index in [2.05, 4.69) is 34.6 Å². The van der Waals surface area contributed by atoms with Crippen molar-refractivity contribution in [1.82, 2.24) is 0 Å². The molecular weight excluding hydrogens is 1570 g/mol. The van der Waals surface area contributed by atoms with Crippen LogP contribution in [-0.4, -0.2) is 94.6 Å². The van der Waals surface area contributed by atoms with E-state index in [4.69, 9.17) is 37.9 Å². The summed E-state index contributed by atoms with van der Waals surface area (Å²) in [5.41, 5.74) is -1.24. The van der Waals surface area contributed by atoms with Crippen LogP contribution in [-0.2, 0) is 76.3 Å². The zero-order chi connectivity index (χ0) is 82.3. The van der Waals surface area contributed by atoms with Crippen LogP contribution < -0.4 is 0 Å². The van der Waals surface area contributed by atoms with Gasteiger partial charge in [-0.15, -0.1) is 0 Å². The molecular formula is C109H186O16. The van der Waals surface area contributed by atoms with Gasteiger partial charge in [-0.25, -0.2) is 0 Å². The van der Waals surface area contributed by atoms with Crippen LogP contribution in [0.2, 0.25) is 0 Å². The molecule has 16 heteroatoms. The van der Waals surface area contributed by atoms with Gasteiger partial charge in [-0.05, 0) is 414 Å². The number of carbonyl (C=O) groups excluding carboxylic acids is 8. The molecule has 16 bridgehead atoms. The average Bonchev–Trinajstić information content (AvgIpc) is 1.56. The first-order valence-electron chi connectivity index (χ1n) is 49.8. The molecule has 0 heterocycles. The lowest BCUT2D eigenvalue weighted by Crippen LogP contribution is -2.44. The Hall–Kier alpha value is -4.24. The van der Waals surface area contributed by atoms with E-state index in [0.717, 1.165) is 165 Å². The van der Waals surface area contributed by atoms with Gasteiger partial charge in [-0.3, -0.25) is 38.4 Å². The molecule has 20 fully saturated rings. The molecule has 35 atom stereocenters. The molecule has 20 aliphatic carbocycles. The van der Waals surface area contributed by atoms with E-state index in [0.29, 0.717) is 118 Å². The number of esters is 8. The lowest BCUT2D eigenvalue weighted by atomic mass is 9.66. The molecule has 0 saturated heterocycles. The first-order chi connectivity index (χ1) is 56.0. The maximum Gasteiger partial charge on any atom is 0.311 e. The van der Waals surface area contributed by atoms with Crippen LogP contribution in [0.1, 0.15) is 406 Å². The highest BCUT2D eigenvalue weighted by atomic mass is 16.6. The molecule has 0 aliphatic heterocycles. The topological polar surface area (TPSA) is 210 Å². The number of hydrogen-bond acceptors (Lipinski definition) is 16. The summed E-state index contributed by atoms with van der Waals surface area (Å²) in [6, 6.07) is 0. The van der Waals surface area contributed by atoms with Gasteiger partial charge in [-0.1, -0.05) is 135 Å². The molecule has 0 amide bonds. The Morgan fingerprint density at radius 2 is 0.512 bits per heavy atom. The minimum Gasteiger partial charge on any atom is -0.462 e. The van der Waals surface area contributed by atoms with Gasteiger partial charge >= 0.3 is 47.8 Å². The summed E-state index contributed by atoms with van der Waals surface area (Å²) >= 11 is 0. The van der Waals surface area contributed by atoms with Gasteiger partial charge in [0.25, 0.3) is 0 Å². The van der Waals surface area contributed by atoms with Crippen molar-refractivity contribution in [2.24, 2.45) is 189 Å². The van der Waals surface area contributed by atoms with Crippen LogP contribution in [0.3, 0.4) is 0 Å². The van der Waals surface area contributed by atoms with Crippen molar-refractivity contribution in [2.75, 3.05) is 0 Å². The molecule has 0 N–H and O–H groups in total. The first kappa shape index (κ1) is 104. The van der Waals surface area contributed by atoms with Crippen molar-refractivity contribution in [3.05, 3.63) is 0 Å². The fourth-order valence-corrected chi connectivity index (χ4v) is 32.6. The summed E-state index contributed by atoms with van der Waals surface area (Å²) in [5.74, 6) is 15.4. The van der Waals surface area contributed by atoms with Crippen LogP contribution in [0.15, 0.2) is 0 Å². The van der Waals surface area contributed by atoms with Crippen molar-refractivity contribution in [3.63, 3.8) is 0 Å². The Bertz CT molecular complexity index is 3630. The molecule has 0 radical (unpaired) electrons. The fraction of sp³-hybridized carbons (Fsp3) is 0.927. The number of hydrogen-bond donors (Lipinski definition) is 0. The van der Waals surface area contributed by atoms with Crippen LogP contribution in [0.25, 0.3) is 0 Å². The van der Waals surface area contributed by atoms with Crippen molar-refractivity contribution in [1.29, 1.82) is 0 Å². The number of carbonyl (C=O) groups is 8. The quantitative estimate of drug-likeness (QED) is 0.0560. The van der Waals surface area contributed by atoms with Gasteiger partial charge in [0, 0.05) is 0 Å². The molecule has 35 unspecified atom stereocenters. The molecule has 20 aliphatic rings. The predicted molar refractivity (Wildman–Crippen MR) is 498 cm³/mol. The molecule has 16 nitrogen and oxygen atoms in total. The normalized spacial score (nSPS) is 41.6. The Balaban J connectivity index is 0.000000185. The Kier molecular flexibility index (Phi) is 34.3. The lowest BCUT2D eigenvalue weighted by molar-refractivity contribution is -0.174. The van der Waals surface area contributed by atoms with Crippen LogP contribution in [0.5, 0.6) is 0 Å². The van der Waals surface area contributed by atoms with E-state index in [1.807, 2.05) is 55.4 Å². The van der Waals surface area contributed by atoms with Crippen molar-refractivity contribution in [3.8, 4) is 0 Å². The number of rotatable bonds is 22. The highest BCUT2D eigenvalue weighted by Crippen LogP contribution is 2.74. The maximum atomic E-state index is 13.3. The van der Waals surface area contributed by atoms with E-state index in [1.165, 1.54) is 116 Å². The second-order valence-corrected chi connectivity index (χ2v) is 45.4. The molecule has 0 aromatic carbocycles. The molecule has 0 spiro atoms. The Morgan fingerprint density at radius 1 is 0.288 bits per heavy atom. The summed E-state index contributed by atoms with van der Waals surface area (Å²) in [7, 11) is 0. The lowest BCUT2D eigenvalue weighted by Gasteiger charge is -2.42. The summed E-state index contributed by atoms with van der Waals surface area (Å²) < 4.78 is 48.9. The van der Waals surface area contributed by atoms with Gasteiger partial charge in [0.1, 0.15) is 46.8 Å². The smallest absolute Gasteiger partial charge is 0.311 e. The maximum absolute atomic E-state index is 13.3. The summed E-state index contributed by atoms with van der Waals surface area (Å²) in [6.45, 7) is 26.7. The first-order valence-corrected chi connectivity index (χ1v) is 49.8. The Morgan fingerprint density at radius 3 is 0.768 bits per heavy atom.